The van der Waals surface area contributed by atoms with Gasteiger partial charge in [-0.15, -0.1) is 0 Å². The van der Waals surface area contributed by atoms with E-state index in [0.717, 1.165) is 31.4 Å². The van der Waals surface area contributed by atoms with Gasteiger partial charge in [-0.1, -0.05) is 23.2 Å². The zero-order valence-electron chi connectivity index (χ0n) is 7.26. The van der Waals surface area contributed by atoms with Crippen LogP contribution in [0.25, 0.3) is 0 Å². The number of pyridine rings is 1. The largest absolute Gasteiger partial charge is 0.330 e. The van der Waals surface area contributed by atoms with Crippen molar-refractivity contribution >= 4 is 23.2 Å². The minimum absolute atomic E-state index is 0.438. The van der Waals surface area contributed by atoms with Crippen LogP contribution in [0.5, 0.6) is 0 Å². The van der Waals surface area contributed by atoms with E-state index in [0.29, 0.717) is 10.2 Å². The SMILES string of the molecule is NCCCCc1cnc(Cl)cc1Cl. The van der Waals surface area contributed by atoms with Crippen molar-refractivity contribution in [3.05, 3.63) is 28.0 Å². The first-order chi connectivity index (χ1) is 6.24. The summed E-state index contributed by atoms with van der Waals surface area (Å²) in [6.45, 7) is 0.721. The van der Waals surface area contributed by atoms with E-state index in [4.69, 9.17) is 28.9 Å². The summed E-state index contributed by atoms with van der Waals surface area (Å²) in [5.74, 6) is 0. The van der Waals surface area contributed by atoms with Gasteiger partial charge in [0.05, 0.1) is 0 Å². The quantitative estimate of drug-likeness (QED) is 0.624. The molecule has 4 heteroatoms. The van der Waals surface area contributed by atoms with Gasteiger partial charge in [-0.2, -0.15) is 0 Å². The molecule has 0 fully saturated rings. The van der Waals surface area contributed by atoms with Crippen LogP contribution in [-0.4, -0.2) is 11.5 Å². The lowest BCUT2D eigenvalue weighted by Gasteiger charge is -2.02. The summed E-state index contributed by atoms with van der Waals surface area (Å²) in [6.07, 6.45) is 4.69. The third-order valence-corrected chi connectivity index (χ3v) is 2.36. The van der Waals surface area contributed by atoms with E-state index in [1.807, 2.05) is 0 Å². The summed E-state index contributed by atoms with van der Waals surface area (Å²) in [5.41, 5.74) is 6.43. The minimum Gasteiger partial charge on any atom is -0.330 e. The maximum absolute atomic E-state index is 5.95. The number of aryl methyl sites for hydroxylation is 1. The molecule has 0 spiro atoms. The van der Waals surface area contributed by atoms with Crippen molar-refractivity contribution < 1.29 is 0 Å². The van der Waals surface area contributed by atoms with Crippen LogP contribution in [0.3, 0.4) is 0 Å². The highest BCUT2D eigenvalue weighted by Gasteiger charge is 2.01. The summed E-state index contributed by atoms with van der Waals surface area (Å²) >= 11 is 11.6. The first-order valence-corrected chi connectivity index (χ1v) is 4.99. The average Bonchev–Trinajstić information content (AvgIpc) is 2.09. The van der Waals surface area contributed by atoms with E-state index in [9.17, 15) is 0 Å². The Morgan fingerprint density at radius 1 is 1.31 bits per heavy atom. The Kier molecular flexibility index (Phi) is 4.50. The second-order valence-corrected chi connectivity index (χ2v) is 3.64. The Hall–Kier alpha value is -0.310. The minimum atomic E-state index is 0.438. The first-order valence-electron chi connectivity index (χ1n) is 4.24. The number of halogens is 2. The number of hydrogen-bond donors (Lipinski definition) is 1. The second kappa shape index (κ2) is 5.43. The molecule has 0 aliphatic rings. The molecule has 72 valence electrons. The van der Waals surface area contributed by atoms with E-state index in [1.165, 1.54) is 0 Å². The Morgan fingerprint density at radius 2 is 2.08 bits per heavy atom. The Bertz CT molecular complexity index is 276. The lowest BCUT2D eigenvalue weighted by molar-refractivity contribution is 0.743. The zero-order chi connectivity index (χ0) is 9.68. The molecule has 13 heavy (non-hydrogen) atoms. The van der Waals surface area contributed by atoms with Gasteiger partial charge in [-0.3, -0.25) is 0 Å². The van der Waals surface area contributed by atoms with Crippen molar-refractivity contribution in [2.24, 2.45) is 5.73 Å². The van der Waals surface area contributed by atoms with Crippen molar-refractivity contribution in [1.82, 2.24) is 4.98 Å². The lowest BCUT2D eigenvalue weighted by atomic mass is 10.1. The van der Waals surface area contributed by atoms with Crippen LogP contribution in [0, 0.1) is 0 Å². The molecule has 1 aromatic heterocycles. The summed E-state index contributed by atoms with van der Waals surface area (Å²) < 4.78 is 0. The maximum atomic E-state index is 5.95. The number of rotatable bonds is 4. The normalized spacial score (nSPS) is 10.4. The van der Waals surface area contributed by atoms with Gasteiger partial charge in [0, 0.05) is 11.2 Å². The van der Waals surface area contributed by atoms with Gasteiger partial charge in [-0.25, -0.2) is 4.98 Å². The van der Waals surface area contributed by atoms with Crippen LogP contribution in [-0.2, 0) is 6.42 Å². The number of unbranched alkanes of at least 4 members (excludes halogenated alkanes) is 1. The van der Waals surface area contributed by atoms with Crippen LogP contribution >= 0.6 is 23.2 Å². The molecule has 0 saturated carbocycles. The van der Waals surface area contributed by atoms with Crippen molar-refractivity contribution in [2.75, 3.05) is 6.54 Å². The van der Waals surface area contributed by atoms with Gasteiger partial charge in [0.1, 0.15) is 5.15 Å². The lowest BCUT2D eigenvalue weighted by Crippen LogP contribution is -1.99. The molecule has 1 aromatic rings. The smallest absolute Gasteiger partial charge is 0.130 e. The van der Waals surface area contributed by atoms with E-state index >= 15 is 0 Å². The number of nitrogens with zero attached hydrogens (tertiary/aromatic N) is 1. The fourth-order valence-electron chi connectivity index (χ4n) is 1.08. The maximum Gasteiger partial charge on any atom is 0.130 e. The van der Waals surface area contributed by atoms with Gasteiger partial charge in [0.2, 0.25) is 0 Å². The highest BCUT2D eigenvalue weighted by atomic mass is 35.5. The Labute approximate surface area is 88.1 Å². The van der Waals surface area contributed by atoms with Crippen LogP contribution in [0.15, 0.2) is 12.3 Å². The Balaban J connectivity index is 2.56. The van der Waals surface area contributed by atoms with E-state index in [2.05, 4.69) is 4.98 Å². The number of nitrogens with two attached hydrogens (primary N) is 1. The Morgan fingerprint density at radius 3 is 2.69 bits per heavy atom. The molecular formula is C9H12Cl2N2. The molecule has 1 rings (SSSR count). The van der Waals surface area contributed by atoms with Crippen molar-refractivity contribution in [3.63, 3.8) is 0 Å². The number of aromatic nitrogens is 1. The fourth-order valence-corrected chi connectivity index (χ4v) is 1.54. The van der Waals surface area contributed by atoms with Crippen molar-refractivity contribution in [2.45, 2.75) is 19.3 Å². The summed E-state index contributed by atoms with van der Waals surface area (Å²) in [7, 11) is 0. The summed E-state index contributed by atoms with van der Waals surface area (Å²) in [6, 6.07) is 1.67. The van der Waals surface area contributed by atoms with Gasteiger partial charge in [0.25, 0.3) is 0 Å². The molecule has 0 radical (unpaired) electrons. The molecule has 0 bridgehead atoms. The fraction of sp³-hybridized carbons (Fsp3) is 0.444. The molecule has 2 N–H and O–H groups in total. The van der Waals surface area contributed by atoms with Gasteiger partial charge in [0.15, 0.2) is 0 Å². The second-order valence-electron chi connectivity index (χ2n) is 2.84. The standard InChI is InChI=1S/C9H12Cl2N2/c10-8-5-9(11)13-6-7(8)3-1-2-4-12/h5-6H,1-4,12H2. The molecule has 0 aromatic carbocycles. The van der Waals surface area contributed by atoms with E-state index in [1.54, 1.807) is 12.3 Å². The summed E-state index contributed by atoms with van der Waals surface area (Å²) in [5, 5.41) is 1.13. The molecular weight excluding hydrogens is 207 g/mol. The monoisotopic (exact) mass is 218 g/mol. The van der Waals surface area contributed by atoms with E-state index < -0.39 is 0 Å². The molecule has 0 aliphatic heterocycles. The predicted molar refractivity (Wildman–Crippen MR) is 56.2 cm³/mol. The van der Waals surface area contributed by atoms with Crippen LogP contribution < -0.4 is 5.73 Å². The van der Waals surface area contributed by atoms with Crippen LogP contribution in [0.4, 0.5) is 0 Å². The molecule has 0 amide bonds. The third-order valence-electron chi connectivity index (χ3n) is 1.80. The topological polar surface area (TPSA) is 38.9 Å². The molecule has 1 heterocycles. The van der Waals surface area contributed by atoms with Crippen LogP contribution in [0.2, 0.25) is 10.2 Å². The van der Waals surface area contributed by atoms with Crippen molar-refractivity contribution in [3.8, 4) is 0 Å². The summed E-state index contributed by atoms with van der Waals surface area (Å²) in [4.78, 5) is 3.97. The molecule has 0 saturated heterocycles. The van der Waals surface area contributed by atoms with Crippen molar-refractivity contribution in [1.29, 1.82) is 0 Å². The van der Waals surface area contributed by atoms with E-state index in [-0.39, 0.29) is 0 Å². The predicted octanol–water partition coefficient (Wildman–Crippen LogP) is 2.67. The molecule has 0 atom stereocenters. The zero-order valence-corrected chi connectivity index (χ0v) is 8.78. The first kappa shape index (κ1) is 10.8. The molecule has 2 nitrogen and oxygen atoms in total. The highest BCUT2D eigenvalue weighted by molar-refractivity contribution is 6.34. The molecule has 0 unspecified atom stereocenters. The average molecular weight is 219 g/mol. The number of hydrogen-bond acceptors (Lipinski definition) is 2. The molecule has 0 aliphatic carbocycles. The van der Waals surface area contributed by atoms with Gasteiger partial charge >= 0.3 is 0 Å². The van der Waals surface area contributed by atoms with Crippen LogP contribution in [0.1, 0.15) is 18.4 Å². The van der Waals surface area contributed by atoms with Gasteiger partial charge in [-0.05, 0) is 37.4 Å². The third kappa shape index (κ3) is 3.51. The highest BCUT2D eigenvalue weighted by Crippen LogP contribution is 2.19. The van der Waals surface area contributed by atoms with Gasteiger partial charge < -0.3 is 5.73 Å².